The summed E-state index contributed by atoms with van der Waals surface area (Å²) in [5.74, 6) is -12.1. The average molecular weight is 599 g/mol. The lowest BCUT2D eigenvalue weighted by molar-refractivity contribution is -0.169. The Balaban J connectivity index is 1.75. The van der Waals surface area contributed by atoms with Crippen molar-refractivity contribution in [1.29, 1.82) is 0 Å². The van der Waals surface area contributed by atoms with Gasteiger partial charge < -0.3 is 31.3 Å². The monoisotopic (exact) mass is 598 g/mol. The zero-order valence-corrected chi connectivity index (χ0v) is 23.4. The van der Waals surface area contributed by atoms with Crippen LogP contribution in [0.1, 0.15) is 22.6 Å². The number of likely N-dealkylation sites (N-methyl/N-ethyl adjacent to an activating group) is 1. The number of ketones is 2. The first kappa shape index (κ1) is 29.5. The fourth-order valence-corrected chi connectivity index (χ4v) is 8.51. The second-order valence-electron chi connectivity index (χ2n) is 11.1. The summed E-state index contributed by atoms with van der Waals surface area (Å²) in [5.41, 5.74) is 0.869. The summed E-state index contributed by atoms with van der Waals surface area (Å²) in [6.45, 7) is 0. The Labute approximate surface area is 240 Å². The van der Waals surface area contributed by atoms with Crippen LogP contribution in [0.15, 0.2) is 65.4 Å². The Morgan fingerprint density at radius 2 is 1.67 bits per heavy atom. The number of amides is 1. The van der Waals surface area contributed by atoms with Gasteiger partial charge in [0.1, 0.15) is 22.8 Å². The summed E-state index contributed by atoms with van der Waals surface area (Å²) in [5, 5.41) is 56.7. The molecule has 222 valence electrons. The highest BCUT2D eigenvalue weighted by Crippen LogP contribution is 2.56. The molecule has 0 aromatic heterocycles. The van der Waals surface area contributed by atoms with Crippen LogP contribution in [0.2, 0.25) is 0 Å². The molecule has 0 heterocycles. The number of benzene rings is 2. The SMILES string of the molecule is CN(C)[C@@H]1C(=O)C(C(N)=O)=C(O)[C@@]2(O)C(=O)C3=C(O)c4c(O)cccc4[C@H](CS(=O)(=O)Cc4ccccc4)C3[C@H](O)C12. The minimum Gasteiger partial charge on any atom is -0.508 e. The Hall–Kier alpha value is -4.04. The van der Waals surface area contributed by atoms with E-state index in [0.717, 1.165) is 0 Å². The number of sulfone groups is 1. The van der Waals surface area contributed by atoms with Crippen LogP contribution in [-0.4, -0.2) is 93.9 Å². The van der Waals surface area contributed by atoms with E-state index in [0.29, 0.717) is 5.56 Å². The van der Waals surface area contributed by atoms with Gasteiger partial charge in [-0.15, -0.1) is 0 Å². The molecule has 0 aliphatic heterocycles. The van der Waals surface area contributed by atoms with E-state index in [1.165, 1.54) is 37.2 Å². The Bertz CT molecular complexity index is 1680. The summed E-state index contributed by atoms with van der Waals surface area (Å²) in [7, 11) is -1.20. The highest BCUT2D eigenvalue weighted by atomic mass is 32.2. The van der Waals surface area contributed by atoms with Gasteiger partial charge in [-0.05, 0) is 31.3 Å². The summed E-state index contributed by atoms with van der Waals surface area (Å²) < 4.78 is 27.1. The Kier molecular flexibility index (Phi) is 7.05. The number of carbonyl (C=O) groups is 3. The van der Waals surface area contributed by atoms with E-state index in [9.17, 15) is 48.3 Å². The van der Waals surface area contributed by atoms with Crippen molar-refractivity contribution in [3.05, 3.63) is 82.1 Å². The lowest BCUT2D eigenvalue weighted by atomic mass is 9.54. The molecule has 5 rings (SSSR count). The van der Waals surface area contributed by atoms with Crippen LogP contribution >= 0.6 is 0 Å². The number of phenols is 1. The molecule has 13 heteroatoms. The normalized spacial score (nSPS) is 29.3. The summed E-state index contributed by atoms with van der Waals surface area (Å²) in [4.78, 5) is 40.9. The predicted molar refractivity (Wildman–Crippen MR) is 149 cm³/mol. The Morgan fingerprint density at radius 3 is 2.26 bits per heavy atom. The van der Waals surface area contributed by atoms with Crippen molar-refractivity contribution in [3.63, 3.8) is 0 Å². The number of aliphatic hydroxyl groups excluding tert-OH is 3. The molecule has 3 aliphatic rings. The van der Waals surface area contributed by atoms with Gasteiger partial charge in [-0.25, -0.2) is 8.42 Å². The quantitative estimate of drug-likeness (QED) is 0.245. The topological polar surface area (TPSA) is 216 Å². The molecular formula is C29H30N2O10S. The molecule has 7 N–H and O–H groups in total. The number of hydrogen-bond acceptors (Lipinski definition) is 11. The summed E-state index contributed by atoms with van der Waals surface area (Å²) in [6, 6.07) is 10.8. The summed E-state index contributed by atoms with van der Waals surface area (Å²) in [6.07, 6.45) is -1.91. The van der Waals surface area contributed by atoms with Gasteiger partial charge >= 0.3 is 0 Å². The molecular weight excluding hydrogens is 568 g/mol. The van der Waals surface area contributed by atoms with Crippen LogP contribution in [-0.2, 0) is 30.0 Å². The second-order valence-corrected chi connectivity index (χ2v) is 13.3. The maximum atomic E-state index is 14.2. The summed E-state index contributed by atoms with van der Waals surface area (Å²) >= 11 is 0. The molecule has 6 atom stereocenters. The van der Waals surface area contributed by atoms with E-state index in [-0.39, 0.29) is 11.1 Å². The third kappa shape index (κ3) is 4.23. The molecule has 0 saturated heterocycles. The molecule has 0 bridgehead atoms. The molecule has 1 fully saturated rings. The number of hydrogen-bond donors (Lipinski definition) is 6. The maximum Gasteiger partial charge on any atom is 0.255 e. The standard InChI is InChI=1S/C29H30N2O10S/c1-31(2)22-21-24(34)18-15(12-42(40,41)11-13-7-4-3-5-8-13)14-9-6-10-16(32)17(14)23(33)19(18)26(36)29(21,39)27(37)20(25(22)35)28(30)38/h3-10,15,18,21-22,24,32-34,37,39H,11-12H2,1-2H3,(H2,30,38)/t15-,18?,21?,22-,24-,29-/m0/s1. The maximum absolute atomic E-state index is 14.2. The number of primary amides is 1. The highest BCUT2D eigenvalue weighted by molar-refractivity contribution is 7.90. The van der Waals surface area contributed by atoms with Crippen molar-refractivity contribution in [1.82, 2.24) is 4.90 Å². The molecule has 2 unspecified atom stereocenters. The molecule has 2 aromatic carbocycles. The molecule has 12 nitrogen and oxygen atoms in total. The van der Waals surface area contributed by atoms with Crippen LogP contribution in [0, 0.1) is 11.8 Å². The van der Waals surface area contributed by atoms with Gasteiger partial charge in [0.15, 0.2) is 21.2 Å². The van der Waals surface area contributed by atoms with Crippen LogP contribution < -0.4 is 5.73 Å². The van der Waals surface area contributed by atoms with Crippen molar-refractivity contribution in [2.75, 3.05) is 19.8 Å². The van der Waals surface area contributed by atoms with Crippen LogP contribution in [0.25, 0.3) is 5.76 Å². The number of carbonyl (C=O) groups excluding carboxylic acids is 3. The third-order valence-corrected chi connectivity index (χ3v) is 10.1. The van der Waals surface area contributed by atoms with E-state index in [1.54, 1.807) is 30.3 Å². The van der Waals surface area contributed by atoms with Crippen molar-refractivity contribution in [2.24, 2.45) is 17.6 Å². The third-order valence-electron chi connectivity index (χ3n) is 8.46. The number of Topliss-reactive ketones (excluding diaryl/α,β-unsaturated/α-hetero) is 2. The minimum atomic E-state index is -3.98. The minimum absolute atomic E-state index is 0.122. The molecule has 2 aromatic rings. The van der Waals surface area contributed by atoms with E-state index >= 15 is 0 Å². The zero-order chi connectivity index (χ0) is 30.9. The predicted octanol–water partition coefficient (Wildman–Crippen LogP) is 0.0909. The first-order valence-electron chi connectivity index (χ1n) is 13.0. The lowest BCUT2D eigenvalue weighted by Crippen LogP contribution is -2.70. The highest BCUT2D eigenvalue weighted by Gasteiger charge is 2.68. The van der Waals surface area contributed by atoms with Gasteiger partial charge in [0.25, 0.3) is 5.91 Å². The van der Waals surface area contributed by atoms with Gasteiger partial charge in [0.05, 0.1) is 35.1 Å². The number of nitrogens with two attached hydrogens (primary N) is 1. The number of aromatic hydroxyl groups is 1. The van der Waals surface area contributed by atoms with Gasteiger partial charge in [-0.3, -0.25) is 19.3 Å². The lowest BCUT2D eigenvalue weighted by Gasteiger charge is -2.54. The molecule has 42 heavy (non-hydrogen) atoms. The number of rotatable bonds is 6. The van der Waals surface area contributed by atoms with Crippen LogP contribution in [0.5, 0.6) is 5.75 Å². The number of nitrogens with zero attached hydrogens (tertiary/aromatic N) is 1. The molecule has 3 aliphatic carbocycles. The zero-order valence-electron chi connectivity index (χ0n) is 22.6. The number of fused-ring (bicyclic) bond motifs is 3. The van der Waals surface area contributed by atoms with E-state index < -0.39 is 103 Å². The van der Waals surface area contributed by atoms with E-state index in [4.69, 9.17) is 5.73 Å². The second kappa shape index (κ2) is 10.1. The van der Waals surface area contributed by atoms with Crippen molar-refractivity contribution < 1.29 is 48.3 Å². The van der Waals surface area contributed by atoms with Crippen molar-refractivity contribution in [2.45, 2.75) is 29.4 Å². The molecule has 0 radical (unpaired) electrons. The first-order valence-corrected chi connectivity index (χ1v) is 14.8. The van der Waals surface area contributed by atoms with E-state index in [1.807, 2.05) is 0 Å². The van der Waals surface area contributed by atoms with Gasteiger partial charge in [-0.1, -0.05) is 42.5 Å². The molecule has 0 spiro atoms. The van der Waals surface area contributed by atoms with Gasteiger partial charge in [0, 0.05) is 17.4 Å². The van der Waals surface area contributed by atoms with Gasteiger partial charge in [-0.2, -0.15) is 0 Å². The van der Waals surface area contributed by atoms with Crippen LogP contribution in [0.3, 0.4) is 0 Å². The Morgan fingerprint density at radius 1 is 1.02 bits per heavy atom. The van der Waals surface area contributed by atoms with Gasteiger partial charge in [0.2, 0.25) is 5.78 Å². The number of phenolic OH excluding ortho intramolecular Hbond substituents is 1. The van der Waals surface area contributed by atoms with E-state index in [2.05, 4.69) is 0 Å². The fourth-order valence-electron chi connectivity index (χ4n) is 6.75. The van der Waals surface area contributed by atoms with Crippen molar-refractivity contribution >= 4 is 33.1 Å². The smallest absolute Gasteiger partial charge is 0.255 e. The fraction of sp³-hybridized carbons (Fsp3) is 0.345. The largest absolute Gasteiger partial charge is 0.508 e. The average Bonchev–Trinajstić information content (AvgIpc) is 2.90. The molecule has 1 amide bonds. The number of aliphatic hydroxyl groups is 4. The first-order chi connectivity index (χ1) is 19.6. The van der Waals surface area contributed by atoms with Crippen LogP contribution in [0.4, 0.5) is 0 Å². The molecule has 1 saturated carbocycles. The van der Waals surface area contributed by atoms with Crippen molar-refractivity contribution in [3.8, 4) is 5.75 Å².